The summed E-state index contributed by atoms with van der Waals surface area (Å²) in [7, 11) is 1.60. The summed E-state index contributed by atoms with van der Waals surface area (Å²) in [5.74, 6) is 0.00476. The molecule has 0 aromatic heterocycles. The highest BCUT2D eigenvalue weighted by molar-refractivity contribution is 5.89. The number of ether oxygens (including phenoxy) is 1. The lowest BCUT2D eigenvalue weighted by molar-refractivity contribution is -0.142. The second-order valence-electron chi connectivity index (χ2n) is 6.54. The Balaban J connectivity index is 1.79. The first-order valence-corrected chi connectivity index (χ1v) is 8.90. The molecule has 0 aromatic rings. The first-order valence-electron chi connectivity index (χ1n) is 8.90. The Morgan fingerprint density at radius 2 is 1.83 bits per heavy atom. The van der Waals surface area contributed by atoms with Crippen LogP contribution in [0.4, 0.5) is 0 Å². The first-order chi connectivity index (χ1) is 11.6. The fourth-order valence-electron chi connectivity index (χ4n) is 3.28. The lowest BCUT2D eigenvalue weighted by Gasteiger charge is -2.36. The van der Waals surface area contributed by atoms with Gasteiger partial charge >= 0.3 is 0 Å². The normalized spacial score (nSPS) is 21.5. The number of piperazine rings is 1. The molecule has 1 unspecified atom stereocenters. The summed E-state index contributed by atoms with van der Waals surface area (Å²) in [5.41, 5.74) is 0. The van der Waals surface area contributed by atoms with Crippen molar-refractivity contribution in [3.05, 3.63) is 0 Å². The number of carbonyl (C=O) groups excluding carboxylic acids is 3. The summed E-state index contributed by atoms with van der Waals surface area (Å²) in [5, 5.41) is 0. The third-order valence-corrected chi connectivity index (χ3v) is 4.82. The molecule has 2 fully saturated rings. The van der Waals surface area contributed by atoms with Crippen LogP contribution in [0.25, 0.3) is 0 Å². The van der Waals surface area contributed by atoms with Gasteiger partial charge < -0.3 is 19.4 Å². The van der Waals surface area contributed by atoms with Crippen molar-refractivity contribution in [3.8, 4) is 0 Å². The van der Waals surface area contributed by atoms with E-state index in [1.807, 2.05) is 4.90 Å². The molecule has 2 saturated heterocycles. The Bertz CT molecular complexity index is 461. The molecule has 0 bridgehead atoms. The number of amides is 3. The van der Waals surface area contributed by atoms with Crippen LogP contribution in [-0.4, -0.2) is 85.4 Å². The first kappa shape index (κ1) is 18.7. The van der Waals surface area contributed by atoms with Crippen molar-refractivity contribution in [1.82, 2.24) is 14.7 Å². The zero-order chi connectivity index (χ0) is 17.5. The summed E-state index contributed by atoms with van der Waals surface area (Å²) in [6.45, 7) is 5.92. The van der Waals surface area contributed by atoms with Gasteiger partial charge in [0, 0.05) is 59.2 Å². The van der Waals surface area contributed by atoms with E-state index in [1.54, 1.807) is 16.9 Å². The maximum atomic E-state index is 12.6. The zero-order valence-electron chi connectivity index (χ0n) is 14.8. The highest BCUT2D eigenvalue weighted by Crippen LogP contribution is 2.21. The van der Waals surface area contributed by atoms with E-state index in [0.717, 1.165) is 12.8 Å². The SMILES string of the molecule is CCCCC(=O)N1CCN(C(=O)C2CC(=O)N(CCOC)C2)CC1. The largest absolute Gasteiger partial charge is 0.383 e. The van der Waals surface area contributed by atoms with E-state index in [2.05, 4.69) is 6.92 Å². The molecule has 0 aromatic carbocycles. The van der Waals surface area contributed by atoms with Gasteiger partial charge in [0.15, 0.2) is 0 Å². The maximum Gasteiger partial charge on any atom is 0.228 e. The van der Waals surface area contributed by atoms with Crippen molar-refractivity contribution < 1.29 is 19.1 Å². The van der Waals surface area contributed by atoms with E-state index in [4.69, 9.17) is 4.74 Å². The predicted molar refractivity (Wildman–Crippen MR) is 89.2 cm³/mol. The van der Waals surface area contributed by atoms with Crippen LogP contribution in [-0.2, 0) is 19.1 Å². The number of hydrogen-bond donors (Lipinski definition) is 0. The molecule has 1 atom stereocenters. The van der Waals surface area contributed by atoms with Crippen molar-refractivity contribution in [3.63, 3.8) is 0 Å². The van der Waals surface area contributed by atoms with E-state index in [-0.39, 0.29) is 30.1 Å². The van der Waals surface area contributed by atoms with Gasteiger partial charge in [-0.1, -0.05) is 13.3 Å². The number of rotatable bonds is 7. The fourth-order valence-corrected chi connectivity index (χ4v) is 3.28. The molecule has 7 nitrogen and oxygen atoms in total. The molecule has 24 heavy (non-hydrogen) atoms. The third kappa shape index (κ3) is 4.69. The number of carbonyl (C=O) groups is 3. The summed E-state index contributed by atoms with van der Waals surface area (Å²) in [6, 6.07) is 0. The van der Waals surface area contributed by atoms with Crippen LogP contribution in [0.2, 0.25) is 0 Å². The minimum atomic E-state index is -0.253. The van der Waals surface area contributed by atoms with Gasteiger partial charge in [-0.05, 0) is 6.42 Å². The van der Waals surface area contributed by atoms with E-state index in [1.165, 1.54) is 0 Å². The van der Waals surface area contributed by atoms with E-state index >= 15 is 0 Å². The Hall–Kier alpha value is -1.63. The number of nitrogens with zero attached hydrogens (tertiary/aromatic N) is 3. The van der Waals surface area contributed by atoms with Gasteiger partial charge in [-0.15, -0.1) is 0 Å². The van der Waals surface area contributed by atoms with Crippen molar-refractivity contribution in [2.45, 2.75) is 32.6 Å². The summed E-state index contributed by atoms with van der Waals surface area (Å²) in [4.78, 5) is 42.0. The minimum absolute atomic E-state index is 0.0266. The monoisotopic (exact) mass is 339 g/mol. The van der Waals surface area contributed by atoms with E-state index in [0.29, 0.717) is 52.3 Å². The highest BCUT2D eigenvalue weighted by atomic mass is 16.5. The molecule has 2 heterocycles. The van der Waals surface area contributed by atoms with Gasteiger partial charge in [-0.3, -0.25) is 14.4 Å². The van der Waals surface area contributed by atoms with Gasteiger partial charge in [-0.2, -0.15) is 0 Å². The van der Waals surface area contributed by atoms with Crippen LogP contribution in [0.15, 0.2) is 0 Å². The summed E-state index contributed by atoms with van der Waals surface area (Å²) < 4.78 is 5.00. The summed E-state index contributed by atoms with van der Waals surface area (Å²) in [6.07, 6.45) is 2.81. The molecule has 0 saturated carbocycles. The van der Waals surface area contributed by atoms with Gasteiger partial charge in [0.25, 0.3) is 0 Å². The van der Waals surface area contributed by atoms with Crippen LogP contribution in [0.5, 0.6) is 0 Å². The molecular formula is C17H29N3O4. The van der Waals surface area contributed by atoms with Crippen molar-refractivity contribution in [1.29, 1.82) is 0 Å². The van der Waals surface area contributed by atoms with Crippen molar-refractivity contribution >= 4 is 17.7 Å². The molecule has 0 spiro atoms. The Morgan fingerprint density at radius 3 is 2.46 bits per heavy atom. The average Bonchev–Trinajstić information content (AvgIpc) is 2.98. The van der Waals surface area contributed by atoms with Crippen LogP contribution >= 0.6 is 0 Å². The van der Waals surface area contributed by atoms with E-state index < -0.39 is 0 Å². The van der Waals surface area contributed by atoms with Crippen molar-refractivity contribution in [2.75, 3.05) is 53.0 Å². The van der Waals surface area contributed by atoms with E-state index in [9.17, 15) is 14.4 Å². The lowest BCUT2D eigenvalue weighted by atomic mass is 10.1. The molecule has 7 heteroatoms. The molecule has 0 aliphatic carbocycles. The number of unbranched alkanes of at least 4 members (excludes halogenated alkanes) is 1. The smallest absolute Gasteiger partial charge is 0.228 e. The molecule has 2 aliphatic rings. The summed E-state index contributed by atoms with van der Waals surface area (Å²) >= 11 is 0. The van der Waals surface area contributed by atoms with Crippen LogP contribution in [0.3, 0.4) is 0 Å². The Labute approximate surface area is 143 Å². The van der Waals surface area contributed by atoms with Gasteiger partial charge in [0.2, 0.25) is 17.7 Å². The second kappa shape index (κ2) is 9.01. The average molecular weight is 339 g/mol. The van der Waals surface area contributed by atoms with Crippen LogP contribution < -0.4 is 0 Å². The van der Waals surface area contributed by atoms with Gasteiger partial charge in [0.1, 0.15) is 0 Å². The van der Waals surface area contributed by atoms with Crippen molar-refractivity contribution in [2.24, 2.45) is 5.92 Å². The highest BCUT2D eigenvalue weighted by Gasteiger charge is 2.37. The number of likely N-dealkylation sites (tertiary alicyclic amines) is 1. The predicted octanol–water partition coefficient (Wildman–Crippen LogP) is 0.342. The third-order valence-electron chi connectivity index (χ3n) is 4.82. The van der Waals surface area contributed by atoms with Crippen LogP contribution in [0, 0.1) is 5.92 Å². The lowest BCUT2D eigenvalue weighted by Crippen LogP contribution is -2.52. The van der Waals surface area contributed by atoms with Gasteiger partial charge in [-0.25, -0.2) is 0 Å². The minimum Gasteiger partial charge on any atom is -0.383 e. The van der Waals surface area contributed by atoms with Gasteiger partial charge in [0.05, 0.1) is 12.5 Å². The zero-order valence-corrected chi connectivity index (χ0v) is 14.8. The molecule has 2 rings (SSSR count). The molecule has 2 aliphatic heterocycles. The number of methoxy groups -OCH3 is 1. The number of hydrogen-bond acceptors (Lipinski definition) is 4. The molecule has 0 N–H and O–H groups in total. The molecule has 0 radical (unpaired) electrons. The quantitative estimate of drug-likeness (QED) is 0.671. The Morgan fingerprint density at radius 1 is 1.17 bits per heavy atom. The van der Waals surface area contributed by atoms with Crippen LogP contribution in [0.1, 0.15) is 32.6 Å². The topological polar surface area (TPSA) is 70.2 Å². The molecule has 136 valence electrons. The Kier molecular flexibility index (Phi) is 7.02. The second-order valence-corrected chi connectivity index (χ2v) is 6.54. The fraction of sp³-hybridized carbons (Fsp3) is 0.824. The standard InChI is InChI=1S/C17H29N3O4/c1-3-4-5-15(21)18-6-8-19(9-7-18)17(23)14-12-16(22)20(13-14)10-11-24-2/h14H,3-13H2,1-2H3. The maximum absolute atomic E-state index is 12.6. The molecule has 3 amide bonds. The molecular weight excluding hydrogens is 310 g/mol.